The SMILES string of the molecule is CN(CC(C)(C)O)C(=O)N1CCCCC1C(=O)O. The van der Waals surface area contributed by atoms with Crippen molar-refractivity contribution in [3.63, 3.8) is 0 Å². The van der Waals surface area contributed by atoms with Crippen LogP contribution < -0.4 is 0 Å². The van der Waals surface area contributed by atoms with E-state index in [1.807, 2.05) is 0 Å². The number of hydrogen-bond acceptors (Lipinski definition) is 3. The van der Waals surface area contributed by atoms with Gasteiger partial charge in [0.25, 0.3) is 0 Å². The zero-order valence-corrected chi connectivity index (χ0v) is 11.2. The molecular formula is C12H22N2O4. The van der Waals surface area contributed by atoms with Crippen molar-refractivity contribution >= 4 is 12.0 Å². The van der Waals surface area contributed by atoms with Crippen LogP contribution in [0.5, 0.6) is 0 Å². The molecule has 0 aromatic carbocycles. The van der Waals surface area contributed by atoms with Crippen LogP contribution in [0.3, 0.4) is 0 Å². The third-order valence-corrected chi connectivity index (χ3v) is 2.98. The predicted molar refractivity (Wildman–Crippen MR) is 66.3 cm³/mol. The van der Waals surface area contributed by atoms with E-state index in [1.54, 1.807) is 20.9 Å². The fourth-order valence-corrected chi connectivity index (χ4v) is 2.28. The number of carbonyl (C=O) groups is 2. The molecule has 1 unspecified atom stereocenters. The van der Waals surface area contributed by atoms with Crippen LogP contribution in [-0.4, -0.2) is 63.8 Å². The third-order valence-electron chi connectivity index (χ3n) is 2.98. The number of hydrogen-bond donors (Lipinski definition) is 2. The minimum absolute atomic E-state index is 0.175. The topological polar surface area (TPSA) is 81.1 Å². The van der Waals surface area contributed by atoms with Crippen molar-refractivity contribution in [1.29, 1.82) is 0 Å². The van der Waals surface area contributed by atoms with Gasteiger partial charge in [0.1, 0.15) is 6.04 Å². The first kappa shape index (κ1) is 14.8. The summed E-state index contributed by atoms with van der Waals surface area (Å²) in [4.78, 5) is 26.0. The maximum atomic E-state index is 12.2. The van der Waals surface area contributed by atoms with Gasteiger partial charge < -0.3 is 20.0 Å². The van der Waals surface area contributed by atoms with E-state index in [0.717, 1.165) is 12.8 Å². The molecule has 2 amide bonds. The molecule has 0 spiro atoms. The maximum Gasteiger partial charge on any atom is 0.326 e. The van der Waals surface area contributed by atoms with Gasteiger partial charge in [-0.3, -0.25) is 0 Å². The van der Waals surface area contributed by atoms with Gasteiger partial charge in [0, 0.05) is 13.6 Å². The summed E-state index contributed by atoms with van der Waals surface area (Å²) < 4.78 is 0. The summed E-state index contributed by atoms with van der Waals surface area (Å²) in [5, 5.41) is 18.8. The van der Waals surface area contributed by atoms with Crippen molar-refractivity contribution in [2.24, 2.45) is 0 Å². The minimum atomic E-state index is -0.987. The van der Waals surface area contributed by atoms with E-state index in [4.69, 9.17) is 5.11 Å². The van der Waals surface area contributed by atoms with Gasteiger partial charge in [-0.25, -0.2) is 9.59 Å². The van der Waals surface area contributed by atoms with Gasteiger partial charge in [0.15, 0.2) is 0 Å². The molecule has 1 atom stereocenters. The van der Waals surface area contributed by atoms with Crippen LogP contribution in [0.25, 0.3) is 0 Å². The number of rotatable bonds is 3. The Morgan fingerprint density at radius 2 is 2.00 bits per heavy atom. The summed E-state index contributed by atoms with van der Waals surface area (Å²) in [6.07, 6.45) is 2.15. The van der Waals surface area contributed by atoms with E-state index in [-0.39, 0.29) is 12.6 Å². The Balaban J connectivity index is 2.71. The molecule has 104 valence electrons. The molecule has 0 saturated carbocycles. The first-order valence-electron chi connectivity index (χ1n) is 6.19. The quantitative estimate of drug-likeness (QED) is 0.782. The highest BCUT2D eigenvalue weighted by Gasteiger charge is 2.34. The Hall–Kier alpha value is -1.30. The zero-order valence-electron chi connectivity index (χ0n) is 11.2. The van der Waals surface area contributed by atoms with Crippen LogP contribution in [0.4, 0.5) is 4.79 Å². The molecular weight excluding hydrogens is 236 g/mol. The number of aliphatic carboxylic acids is 1. The van der Waals surface area contributed by atoms with E-state index in [9.17, 15) is 14.7 Å². The van der Waals surface area contributed by atoms with E-state index in [2.05, 4.69) is 0 Å². The molecule has 18 heavy (non-hydrogen) atoms. The lowest BCUT2D eigenvalue weighted by Gasteiger charge is -2.37. The molecule has 1 fully saturated rings. The maximum absolute atomic E-state index is 12.2. The third kappa shape index (κ3) is 3.87. The van der Waals surface area contributed by atoms with Crippen LogP contribution in [0.15, 0.2) is 0 Å². The van der Waals surface area contributed by atoms with Gasteiger partial charge >= 0.3 is 12.0 Å². The number of carboxylic acids is 1. The van der Waals surface area contributed by atoms with Crippen LogP contribution in [0.2, 0.25) is 0 Å². The number of carboxylic acid groups (broad SMARTS) is 1. The molecule has 1 rings (SSSR count). The van der Waals surface area contributed by atoms with Crippen LogP contribution in [-0.2, 0) is 4.79 Å². The van der Waals surface area contributed by atoms with Gasteiger partial charge in [-0.2, -0.15) is 0 Å². The summed E-state index contributed by atoms with van der Waals surface area (Å²) in [5.41, 5.74) is -0.987. The Morgan fingerprint density at radius 1 is 1.39 bits per heavy atom. The largest absolute Gasteiger partial charge is 0.480 e. The van der Waals surface area contributed by atoms with Crippen LogP contribution in [0.1, 0.15) is 33.1 Å². The second-order valence-electron chi connectivity index (χ2n) is 5.49. The van der Waals surface area contributed by atoms with E-state index < -0.39 is 17.6 Å². The number of nitrogens with zero attached hydrogens (tertiary/aromatic N) is 2. The van der Waals surface area contributed by atoms with E-state index in [1.165, 1.54) is 9.80 Å². The first-order valence-corrected chi connectivity index (χ1v) is 6.19. The molecule has 0 radical (unpaired) electrons. The van der Waals surface area contributed by atoms with Crippen molar-refractivity contribution in [3.8, 4) is 0 Å². The summed E-state index contributed by atoms with van der Waals surface area (Å²) in [6.45, 7) is 3.87. The number of likely N-dealkylation sites (N-methyl/N-ethyl adjacent to an activating group) is 1. The molecule has 2 N–H and O–H groups in total. The van der Waals surface area contributed by atoms with Crippen molar-refractivity contribution in [2.75, 3.05) is 20.1 Å². The lowest BCUT2D eigenvalue weighted by molar-refractivity contribution is -0.143. The molecule has 6 nitrogen and oxygen atoms in total. The molecule has 6 heteroatoms. The fraction of sp³-hybridized carbons (Fsp3) is 0.833. The Kier molecular flexibility index (Phi) is 4.56. The lowest BCUT2D eigenvalue weighted by Crippen LogP contribution is -2.54. The van der Waals surface area contributed by atoms with Crippen molar-refractivity contribution < 1.29 is 19.8 Å². The second kappa shape index (κ2) is 5.56. The zero-order chi connectivity index (χ0) is 13.9. The summed E-state index contributed by atoms with van der Waals surface area (Å²) >= 11 is 0. The second-order valence-corrected chi connectivity index (χ2v) is 5.49. The number of carbonyl (C=O) groups excluding carboxylic acids is 1. The highest BCUT2D eigenvalue weighted by Crippen LogP contribution is 2.19. The smallest absolute Gasteiger partial charge is 0.326 e. The Morgan fingerprint density at radius 3 is 2.50 bits per heavy atom. The highest BCUT2D eigenvalue weighted by atomic mass is 16.4. The van der Waals surface area contributed by atoms with E-state index in [0.29, 0.717) is 13.0 Å². The summed E-state index contributed by atoms with van der Waals surface area (Å²) in [7, 11) is 1.58. The average Bonchev–Trinajstić information content (AvgIpc) is 2.25. The molecule has 0 bridgehead atoms. The van der Waals surface area contributed by atoms with Crippen molar-refractivity contribution in [3.05, 3.63) is 0 Å². The van der Waals surface area contributed by atoms with Crippen LogP contribution in [0, 0.1) is 0 Å². The molecule has 1 aliphatic rings. The van der Waals surface area contributed by atoms with Crippen molar-refractivity contribution in [2.45, 2.75) is 44.8 Å². The van der Waals surface area contributed by atoms with Crippen LogP contribution >= 0.6 is 0 Å². The van der Waals surface area contributed by atoms with Gasteiger partial charge in [-0.15, -0.1) is 0 Å². The van der Waals surface area contributed by atoms with Gasteiger partial charge in [0.05, 0.1) is 12.1 Å². The predicted octanol–water partition coefficient (Wildman–Crippen LogP) is 0.748. The summed E-state index contributed by atoms with van der Waals surface area (Å²) in [5.74, 6) is -0.959. The van der Waals surface area contributed by atoms with Crippen molar-refractivity contribution in [1.82, 2.24) is 9.80 Å². The number of urea groups is 1. The summed E-state index contributed by atoms with van der Waals surface area (Å²) in [6, 6.07) is -1.07. The van der Waals surface area contributed by atoms with Gasteiger partial charge in [0.2, 0.25) is 0 Å². The molecule has 1 saturated heterocycles. The molecule has 1 aliphatic heterocycles. The number of piperidine rings is 1. The minimum Gasteiger partial charge on any atom is -0.480 e. The molecule has 0 aliphatic carbocycles. The van der Waals surface area contributed by atoms with Gasteiger partial charge in [-0.1, -0.05) is 0 Å². The fourth-order valence-electron chi connectivity index (χ4n) is 2.28. The first-order chi connectivity index (χ1) is 8.22. The average molecular weight is 258 g/mol. The molecule has 0 aromatic heterocycles. The number of likely N-dealkylation sites (tertiary alicyclic amines) is 1. The highest BCUT2D eigenvalue weighted by molar-refractivity contribution is 5.82. The number of amides is 2. The molecule has 1 heterocycles. The molecule has 0 aromatic rings. The lowest BCUT2D eigenvalue weighted by atomic mass is 10.0. The normalized spacial score (nSPS) is 20.7. The Bertz CT molecular complexity index is 325. The Labute approximate surface area is 107 Å². The standard InChI is InChI=1S/C12H22N2O4/c1-12(2,18)8-13(3)11(17)14-7-5-4-6-9(14)10(15)16/h9,18H,4-8H2,1-3H3,(H,15,16). The van der Waals surface area contributed by atoms with E-state index >= 15 is 0 Å². The number of aliphatic hydroxyl groups is 1. The van der Waals surface area contributed by atoms with Gasteiger partial charge in [-0.05, 0) is 33.1 Å². The monoisotopic (exact) mass is 258 g/mol.